The van der Waals surface area contributed by atoms with E-state index >= 15 is 0 Å². The smallest absolute Gasteiger partial charge is 0.255 e. The summed E-state index contributed by atoms with van der Waals surface area (Å²) < 4.78 is 0. The van der Waals surface area contributed by atoms with Gasteiger partial charge in [-0.15, -0.1) is 0 Å². The molecule has 1 aliphatic heterocycles. The third kappa shape index (κ3) is 2.76. The number of benzene rings is 1. The topological polar surface area (TPSA) is 75.4 Å². The highest BCUT2D eigenvalue weighted by Gasteiger charge is 2.27. The number of hydrogen-bond acceptors (Lipinski definition) is 3. The molecule has 5 heteroatoms. The number of nitrogens with zero attached hydrogens (tertiary/aromatic N) is 1. The number of piperidine rings is 1. The van der Waals surface area contributed by atoms with Gasteiger partial charge < -0.3 is 16.0 Å². The van der Waals surface area contributed by atoms with Gasteiger partial charge in [-0.3, -0.25) is 9.59 Å². The maximum absolute atomic E-state index is 12.5. The Hall–Kier alpha value is -2.04. The lowest BCUT2D eigenvalue weighted by atomic mass is 9.95. The van der Waals surface area contributed by atoms with Gasteiger partial charge in [0.2, 0.25) is 5.91 Å². The molecule has 5 nitrogen and oxygen atoms in total. The number of nitrogen functional groups attached to an aromatic ring is 1. The minimum absolute atomic E-state index is 0.0129. The number of likely N-dealkylation sites (tertiary alicyclic amines) is 1. The van der Waals surface area contributed by atoms with Crippen molar-refractivity contribution in [2.45, 2.75) is 19.8 Å². The molecule has 0 spiro atoms. The van der Waals surface area contributed by atoms with Crippen molar-refractivity contribution in [3.8, 4) is 0 Å². The van der Waals surface area contributed by atoms with Gasteiger partial charge in [0.15, 0.2) is 0 Å². The molecule has 0 unspecified atom stereocenters. The molecular weight excluding hydrogens is 254 g/mol. The van der Waals surface area contributed by atoms with E-state index in [1.54, 1.807) is 18.0 Å². The predicted molar refractivity (Wildman–Crippen MR) is 78.3 cm³/mol. The number of hydrogen-bond donors (Lipinski definition) is 2. The molecule has 0 radical (unpaired) electrons. The molecule has 1 aromatic rings. The first-order chi connectivity index (χ1) is 9.54. The summed E-state index contributed by atoms with van der Waals surface area (Å²) in [6.07, 6.45) is 1.41. The van der Waals surface area contributed by atoms with Crippen LogP contribution >= 0.6 is 0 Å². The molecule has 1 aromatic carbocycles. The number of para-hydroxylation sites is 1. The van der Waals surface area contributed by atoms with Crippen LogP contribution in [-0.4, -0.2) is 36.9 Å². The van der Waals surface area contributed by atoms with Crippen LogP contribution in [0.4, 0.5) is 5.69 Å². The quantitative estimate of drug-likeness (QED) is 0.796. The van der Waals surface area contributed by atoms with E-state index in [0.29, 0.717) is 37.2 Å². The van der Waals surface area contributed by atoms with E-state index in [4.69, 9.17) is 5.73 Å². The van der Waals surface area contributed by atoms with Gasteiger partial charge in [0.05, 0.1) is 5.56 Å². The maximum atomic E-state index is 12.5. The second kappa shape index (κ2) is 5.94. The summed E-state index contributed by atoms with van der Waals surface area (Å²) in [5, 5.41) is 2.66. The van der Waals surface area contributed by atoms with Crippen LogP contribution in [0.25, 0.3) is 0 Å². The van der Waals surface area contributed by atoms with Gasteiger partial charge in [-0.2, -0.15) is 0 Å². The Balaban J connectivity index is 2.05. The molecule has 2 rings (SSSR count). The van der Waals surface area contributed by atoms with Gasteiger partial charge >= 0.3 is 0 Å². The van der Waals surface area contributed by atoms with Crippen molar-refractivity contribution in [1.82, 2.24) is 10.2 Å². The van der Waals surface area contributed by atoms with Crippen LogP contribution in [0.5, 0.6) is 0 Å². The fourth-order valence-corrected chi connectivity index (χ4v) is 2.59. The molecule has 1 saturated heterocycles. The Morgan fingerprint density at radius 1 is 1.30 bits per heavy atom. The summed E-state index contributed by atoms with van der Waals surface area (Å²) >= 11 is 0. The first-order valence-electron chi connectivity index (χ1n) is 6.90. The third-order valence-electron chi connectivity index (χ3n) is 3.95. The summed E-state index contributed by atoms with van der Waals surface area (Å²) in [4.78, 5) is 25.8. The molecule has 0 aromatic heterocycles. The number of anilines is 1. The van der Waals surface area contributed by atoms with Crippen molar-refractivity contribution < 1.29 is 9.59 Å². The summed E-state index contributed by atoms with van der Waals surface area (Å²) in [7, 11) is 1.65. The van der Waals surface area contributed by atoms with Crippen molar-refractivity contribution >= 4 is 17.5 Å². The first kappa shape index (κ1) is 14.4. The van der Waals surface area contributed by atoms with Crippen LogP contribution in [0.3, 0.4) is 0 Å². The van der Waals surface area contributed by atoms with E-state index < -0.39 is 0 Å². The van der Waals surface area contributed by atoms with Crippen molar-refractivity contribution in [2.75, 3.05) is 25.9 Å². The number of aryl methyl sites for hydroxylation is 1. The second-order valence-corrected chi connectivity index (χ2v) is 5.22. The molecule has 108 valence electrons. The normalized spacial score (nSPS) is 16.0. The maximum Gasteiger partial charge on any atom is 0.255 e. The molecule has 0 saturated carbocycles. The highest BCUT2D eigenvalue weighted by atomic mass is 16.2. The fraction of sp³-hybridized carbons (Fsp3) is 0.467. The van der Waals surface area contributed by atoms with E-state index in [9.17, 15) is 9.59 Å². The monoisotopic (exact) mass is 275 g/mol. The molecule has 0 bridgehead atoms. The summed E-state index contributed by atoms with van der Waals surface area (Å²) in [5.41, 5.74) is 7.99. The second-order valence-electron chi connectivity index (χ2n) is 5.22. The predicted octanol–water partition coefficient (Wildman–Crippen LogP) is 1.18. The number of carbonyl (C=O) groups is 2. The van der Waals surface area contributed by atoms with Crippen molar-refractivity contribution in [1.29, 1.82) is 0 Å². The molecule has 1 heterocycles. The molecule has 3 N–H and O–H groups in total. The van der Waals surface area contributed by atoms with E-state index in [2.05, 4.69) is 5.32 Å². The van der Waals surface area contributed by atoms with Gasteiger partial charge in [0.25, 0.3) is 5.91 Å². The standard InChI is InChI=1S/C15H21N3O2/c1-10-4-3-5-12(13(10)16)15(20)18-8-6-11(7-9-18)14(19)17-2/h3-5,11H,6-9,16H2,1-2H3,(H,17,19). The lowest BCUT2D eigenvalue weighted by Gasteiger charge is -2.31. The van der Waals surface area contributed by atoms with Crippen LogP contribution in [-0.2, 0) is 4.79 Å². The third-order valence-corrected chi connectivity index (χ3v) is 3.95. The van der Waals surface area contributed by atoms with E-state index in [1.165, 1.54) is 0 Å². The zero-order valence-corrected chi connectivity index (χ0v) is 12.0. The van der Waals surface area contributed by atoms with Crippen LogP contribution < -0.4 is 11.1 Å². The number of nitrogens with one attached hydrogen (secondary N) is 1. The Kier molecular flexibility index (Phi) is 4.27. The van der Waals surface area contributed by atoms with Crippen molar-refractivity contribution in [3.05, 3.63) is 29.3 Å². The van der Waals surface area contributed by atoms with Crippen LogP contribution in [0, 0.1) is 12.8 Å². The lowest BCUT2D eigenvalue weighted by molar-refractivity contribution is -0.125. The summed E-state index contributed by atoms with van der Waals surface area (Å²) in [6.45, 7) is 3.10. The zero-order valence-electron chi connectivity index (χ0n) is 12.0. The number of rotatable bonds is 2. The SMILES string of the molecule is CNC(=O)C1CCN(C(=O)c2cccc(C)c2N)CC1. The van der Waals surface area contributed by atoms with E-state index in [0.717, 1.165) is 5.56 Å². The molecule has 0 aliphatic carbocycles. The Labute approximate surface area is 119 Å². The van der Waals surface area contributed by atoms with Crippen molar-refractivity contribution in [3.63, 3.8) is 0 Å². The van der Waals surface area contributed by atoms with Gasteiger partial charge in [0, 0.05) is 31.7 Å². The fourth-order valence-electron chi connectivity index (χ4n) is 2.59. The Bertz CT molecular complexity index is 520. The van der Waals surface area contributed by atoms with Crippen LogP contribution in [0.15, 0.2) is 18.2 Å². The average molecular weight is 275 g/mol. The molecule has 20 heavy (non-hydrogen) atoms. The largest absolute Gasteiger partial charge is 0.398 e. The van der Waals surface area contributed by atoms with E-state index in [1.807, 2.05) is 19.1 Å². The lowest BCUT2D eigenvalue weighted by Crippen LogP contribution is -2.42. The van der Waals surface area contributed by atoms with Gasteiger partial charge in [-0.05, 0) is 31.4 Å². The molecule has 0 atom stereocenters. The Morgan fingerprint density at radius 3 is 2.55 bits per heavy atom. The van der Waals surface area contributed by atoms with E-state index in [-0.39, 0.29) is 17.7 Å². The number of nitrogens with two attached hydrogens (primary N) is 1. The molecule has 2 amide bonds. The first-order valence-corrected chi connectivity index (χ1v) is 6.90. The number of amides is 2. The highest BCUT2D eigenvalue weighted by Crippen LogP contribution is 2.22. The van der Waals surface area contributed by atoms with Crippen LogP contribution in [0.2, 0.25) is 0 Å². The average Bonchev–Trinajstić information content (AvgIpc) is 2.48. The molecule has 1 aliphatic rings. The van der Waals surface area contributed by atoms with Crippen molar-refractivity contribution in [2.24, 2.45) is 5.92 Å². The van der Waals surface area contributed by atoms with Gasteiger partial charge in [-0.25, -0.2) is 0 Å². The summed E-state index contributed by atoms with van der Waals surface area (Å²) in [5.74, 6) is 0.0348. The minimum atomic E-state index is -0.0402. The van der Waals surface area contributed by atoms with Gasteiger partial charge in [-0.1, -0.05) is 12.1 Å². The summed E-state index contributed by atoms with van der Waals surface area (Å²) in [6, 6.07) is 5.50. The Morgan fingerprint density at radius 2 is 1.95 bits per heavy atom. The van der Waals surface area contributed by atoms with Crippen LogP contribution in [0.1, 0.15) is 28.8 Å². The minimum Gasteiger partial charge on any atom is -0.398 e. The molecular formula is C15H21N3O2. The zero-order chi connectivity index (χ0) is 14.7. The number of carbonyl (C=O) groups excluding carboxylic acids is 2. The molecule has 1 fully saturated rings. The van der Waals surface area contributed by atoms with Gasteiger partial charge in [0.1, 0.15) is 0 Å². The highest BCUT2D eigenvalue weighted by molar-refractivity contribution is 5.99.